The highest BCUT2D eigenvalue weighted by Crippen LogP contribution is 2.33. The molecule has 1 atom stereocenters. The number of piperidine rings is 1. The third kappa shape index (κ3) is 3.56. The quantitative estimate of drug-likeness (QED) is 0.629. The van der Waals surface area contributed by atoms with Gasteiger partial charge in [0.2, 0.25) is 5.95 Å². The molecule has 32 heavy (non-hydrogen) atoms. The summed E-state index contributed by atoms with van der Waals surface area (Å²) in [7, 11) is 1.72. The lowest BCUT2D eigenvalue weighted by Crippen LogP contribution is -2.43. The average Bonchev–Trinajstić information content (AvgIpc) is 3.17. The van der Waals surface area contributed by atoms with Crippen LogP contribution in [-0.2, 0) is 20.1 Å². The van der Waals surface area contributed by atoms with Crippen molar-refractivity contribution in [3.05, 3.63) is 50.7 Å². The molecule has 0 aliphatic carbocycles. The fraction of sp³-hybridized carbons (Fsp3) is 0.542. The number of benzene rings is 1. The lowest BCUT2D eigenvalue weighted by atomic mass is 10.1. The SMILES string of the molecule is Cc1cccc(N2C[C@H](C)Cn3c2nc2c3c(=O)n(CCN3CCCCC3)c(=O)n2C)c1. The van der Waals surface area contributed by atoms with Crippen LogP contribution in [0.5, 0.6) is 0 Å². The highest BCUT2D eigenvalue weighted by atomic mass is 16.2. The molecule has 8 nitrogen and oxygen atoms in total. The normalized spacial score (nSPS) is 19.5. The molecular weight excluding hydrogens is 404 g/mol. The average molecular weight is 437 g/mol. The summed E-state index contributed by atoms with van der Waals surface area (Å²) in [5, 5.41) is 0. The molecule has 0 bridgehead atoms. The van der Waals surface area contributed by atoms with Gasteiger partial charge >= 0.3 is 5.69 Å². The molecule has 170 valence electrons. The summed E-state index contributed by atoms with van der Waals surface area (Å²) in [4.78, 5) is 36.0. The van der Waals surface area contributed by atoms with Gasteiger partial charge in [0.25, 0.3) is 5.56 Å². The minimum atomic E-state index is -0.287. The Morgan fingerprint density at radius 2 is 1.84 bits per heavy atom. The summed E-state index contributed by atoms with van der Waals surface area (Å²) in [6.07, 6.45) is 3.64. The molecule has 1 fully saturated rings. The van der Waals surface area contributed by atoms with E-state index < -0.39 is 0 Å². The number of anilines is 2. The topological polar surface area (TPSA) is 68.3 Å². The summed E-state index contributed by atoms with van der Waals surface area (Å²) < 4.78 is 4.96. The number of fused-ring (bicyclic) bond motifs is 3. The summed E-state index contributed by atoms with van der Waals surface area (Å²) in [5.74, 6) is 1.09. The molecule has 2 aromatic heterocycles. The Labute approximate surface area is 187 Å². The highest BCUT2D eigenvalue weighted by Gasteiger charge is 2.30. The van der Waals surface area contributed by atoms with Crippen molar-refractivity contribution in [1.29, 1.82) is 0 Å². The molecule has 2 aliphatic rings. The Bertz CT molecular complexity index is 1260. The van der Waals surface area contributed by atoms with Gasteiger partial charge in [-0.05, 0) is 56.5 Å². The predicted molar refractivity (Wildman–Crippen MR) is 127 cm³/mol. The molecule has 0 N–H and O–H groups in total. The van der Waals surface area contributed by atoms with E-state index in [1.807, 2.05) is 10.6 Å². The first-order chi connectivity index (χ1) is 15.4. The van der Waals surface area contributed by atoms with Crippen LogP contribution < -0.4 is 16.1 Å². The molecule has 0 unspecified atom stereocenters. The van der Waals surface area contributed by atoms with Crippen LogP contribution in [0, 0.1) is 12.8 Å². The summed E-state index contributed by atoms with van der Waals surface area (Å²) >= 11 is 0. The van der Waals surface area contributed by atoms with Crippen molar-refractivity contribution in [1.82, 2.24) is 23.6 Å². The standard InChI is InChI=1S/C24H32N6O2/c1-17-8-7-9-19(14-17)29-15-18(2)16-30-20-21(25-23(29)30)26(3)24(32)28(22(20)31)13-12-27-10-5-4-6-11-27/h7-9,14,18H,4-6,10-13,15-16H2,1-3H3/t18-/m0/s1. The van der Waals surface area contributed by atoms with Gasteiger partial charge < -0.3 is 14.4 Å². The zero-order valence-corrected chi connectivity index (χ0v) is 19.3. The number of nitrogens with zero attached hydrogens (tertiary/aromatic N) is 6. The fourth-order valence-corrected chi connectivity index (χ4v) is 5.14. The molecule has 3 aromatic rings. The molecule has 0 spiro atoms. The van der Waals surface area contributed by atoms with Crippen LogP contribution in [-0.4, -0.2) is 49.8 Å². The van der Waals surface area contributed by atoms with E-state index in [2.05, 4.69) is 41.8 Å². The van der Waals surface area contributed by atoms with Gasteiger partial charge in [-0.2, -0.15) is 4.98 Å². The van der Waals surface area contributed by atoms with Crippen LogP contribution in [0.3, 0.4) is 0 Å². The predicted octanol–water partition coefficient (Wildman–Crippen LogP) is 2.48. The Morgan fingerprint density at radius 3 is 2.59 bits per heavy atom. The maximum atomic E-state index is 13.6. The third-order valence-electron chi connectivity index (χ3n) is 6.84. The van der Waals surface area contributed by atoms with E-state index in [0.717, 1.165) is 37.8 Å². The summed E-state index contributed by atoms with van der Waals surface area (Å²) in [6, 6.07) is 8.33. The van der Waals surface area contributed by atoms with E-state index in [9.17, 15) is 9.59 Å². The van der Waals surface area contributed by atoms with Gasteiger partial charge in [0.05, 0.1) is 0 Å². The number of hydrogen-bond acceptors (Lipinski definition) is 5. The fourth-order valence-electron chi connectivity index (χ4n) is 5.14. The number of aryl methyl sites for hydroxylation is 2. The molecule has 4 heterocycles. The minimum Gasteiger partial charge on any atom is -0.312 e. The smallest absolute Gasteiger partial charge is 0.312 e. The van der Waals surface area contributed by atoms with E-state index in [1.54, 1.807) is 7.05 Å². The van der Waals surface area contributed by atoms with Gasteiger partial charge in [-0.25, -0.2) is 4.79 Å². The van der Waals surface area contributed by atoms with Crippen molar-refractivity contribution in [3.63, 3.8) is 0 Å². The Balaban J connectivity index is 1.61. The molecule has 0 saturated carbocycles. The van der Waals surface area contributed by atoms with Crippen LogP contribution in [0.25, 0.3) is 11.2 Å². The van der Waals surface area contributed by atoms with Gasteiger partial charge in [-0.15, -0.1) is 0 Å². The number of rotatable bonds is 4. The second kappa shape index (κ2) is 8.24. The third-order valence-corrected chi connectivity index (χ3v) is 6.84. The van der Waals surface area contributed by atoms with Crippen LogP contribution in [0.4, 0.5) is 11.6 Å². The molecule has 1 aromatic carbocycles. The van der Waals surface area contributed by atoms with Gasteiger partial charge in [0.15, 0.2) is 11.2 Å². The van der Waals surface area contributed by atoms with Crippen LogP contribution in [0.15, 0.2) is 33.9 Å². The second-order valence-electron chi connectivity index (χ2n) is 9.45. The number of hydrogen-bond donors (Lipinski definition) is 0. The molecule has 5 rings (SSSR count). The summed E-state index contributed by atoms with van der Waals surface area (Å²) in [6.45, 7) is 9.04. The first kappa shape index (κ1) is 21.0. The zero-order chi connectivity index (χ0) is 22.4. The lowest BCUT2D eigenvalue weighted by molar-refractivity contribution is 0.218. The van der Waals surface area contributed by atoms with Gasteiger partial charge in [-0.3, -0.25) is 13.9 Å². The van der Waals surface area contributed by atoms with Gasteiger partial charge in [0, 0.05) is 38.9 Å². The molecule has 8 heteroatoms. The monoisotopic (exact) mass is 436 g/mol. The number of likely N-dealkylation sites (tertiary alicyclic amines) is 1. The molecule has 2 aliphatic heterocycles. The summed E-state index contributed by atoms with van der Waals surface area (Å²) in [5.41, 5.74) is 2.72. The van der Waals surface area contributed by atoms with Crippen molar-refractivity contribution >= 4 is 22.8 Å². The highest BCUT2D eigenvalue weighted by molar-refractivity contribution is 5.77. The van der Waals surface area contributed by atoms with E-state index in [1.165, 1.54) is 34.0 Å². The van der Waals surface area contributed by atoms with Gasteiger partial charge in [0.1, 0.15) is 0 Å². The maximum absolute atomic E-state index is 13.6. The molecule has 0 radical (unpaired) electrons. The molecule has 0 amide bonds. The van der Waals surface area contributed by atoms with Crippen molar-refractivity contribution in [3.8, 4) is 0 Å². The van der Waals surface area contributed by atoms with E-state index in [-0.39, 0.29) is 11.2 Å². The Kier molecular flexibility index (Phi) is 5.41. The van der Waals surface area contributed by atoms with E-state index in [0.29, 0.717) is 30.2 Å². The van der Waals surface area contributed by atoms with Gasteiger partial charge in [-0.1, -0.05) is 25.5 Å². The largest absolute Gasteiger partial charge is 0.332 e. The van der Waals surface area contributed by atoms with Crippen molar-refractivity contribution in [2.24, 2.45) is 13.0 Å². The second-order valence-corrected chi connectivity index (χ2v) is 9.45. The van der Waals surface area contributed by atoms with Crippen molar-refractivity contribution < 1.29 is 0 Å². The van der Waals surface area contributed by atoms with Crippen molar-refractivity contribution in [2.75, 3.05) is 31.1 Å². The van der Waals surface area contributed by atoms with Crippen LogP contribution in [0.2, 0.25) is 0 Å². The zero-order valence-electron chi connectivity index (χ0n) is 19.3. The van der Waals surface area contributed by atoms with Crippen LogP contribution >= 0.6 is 0 Å². The lowest BCUT2D eigenvalue weighted by Gasteiger charge is -2.33. The first-order valence-electron chi connectivity index (χ1n) is 11.7. The van der Waals surface area contributed by atoms with E-state index in [4.69, 9.17) is 4.98 Å². The van der Waals surface area contributed by atoms with E-state index >= 15 is 0 Å². The van der Waals surface area contributed by atoms with Crippen molar-refractivity contribution in [2.45, 2.75) is 46.2 Å². The Morgan fingerprint density at radius 1 is 1.06 bits per heavy atom. The maximum Gasteiger partial charge on any atom is 0.332 e. The molecular formula is C24H32N6O2. The number of imidazole rings is 1. The van der Waals surface area contributed by atoms with Crippen LogP contribution in [0.1, 0.15) is 31.7 Å². The number of aromatic nitrogens is 4. The molecule has 1 saturated heterocycles. The minimum absolute atomic E-state index is 0.225. The first-order valence-corrected chi connectivity index (χ1v) is 11.7. The Hall–Kier alpha value is -2.87.